The number of hydrogen-bond donors (Lipinski definition) is 0. The van der Waals surface area contributed by atoms with Gasteiger partial charge in [-0.05, 0) is 6.92 Å². The van der Waals surface area contributed by atoms with Crippen molar-refractivity contribution in [3.8, 4) is 0 Å². The van der Waals surface area contributed by atoms with E-state index in [-0.39, 0.29) is 6.10 Å². The molecule has 0 heterocycles. The Balaban J connectivity index is 2.95. The zero-order chi connectivity index (χ0) is 9.23. The second-order valence-corrected chi connectivity index (χ2v) is 2.48. The Morgan fingerprint density at radius 2 is 2.00 bits per heavy atom. The van der Waals surface area contributed by atoms with Crippen LogP contribution in [0.1, 0.15) is 6.92 Å². The first kappa shape index (κ1) is 11.6. The molecule has 0 amide bonds. The fourth-order valence-corrected chi connectivity index (χ4v) is 0.602. The summed E-state index contributed by atoms with van der Waals surface area (Å²) in [6, 6.07) is 0. The summed E-state index contributed by atoms with van der Waals surface area (Å²) >= 11 is 0. The van der Waals surface area contributed by atoms with Crippen molar-refractivity contribution in [2.75, 3.05) is 33.5 Å². The molecule has 3 heteroatoms. The number of hydrogen-bond acceptors (Lipinski definition) is 3. The molecule has 0 bridgehead atoms. The van der Waals surface area contributed by atoms with Gasteiger partial charge in [-0.3, -0.25) is 0 Å². The van der Waals surface area contributed by atoms with E-state index in [1.54, 1.807) is 13.2 Å². The predicted molar refractivity (Wildman–Crippen MR) is 48.3 cm³/mol. The van der Waals surface area contributed by atoms with Gasteiger partial charge >= 0.3 is 0 Å². The van der Waals surface area contributed by atoms with Crippen LogP contribution in [0, 0.1) is 0 Å². The van der Waals surface area contributed by atoms with E-state index in [9.17, 15) is 0 Å². The fraction of sp³-hybridized carbons (Fsp3) is 0.778. The first-order valence-corrected chi connectivity index (χ1v) is 4.10. The van der Waals surface area contributed by atoms with E-state index in [0.717, 1.165) is 0 Å². The third-order valence-electron chi connectivity index (χ3n) is 1.36. The summed E-state index contributed by atoms with van der Waals surface area (Å²) in [6.07, 6.45) is 1.88. The van der Waals surface area contributed by atoms with Crippen molar-refractivity contribution in [1.29, 1.82) is 0 Å². The molecular formula is C9H18O3. The van der Waals surface area contributed by atoms with Crippen LogP contribution in [0.5, 0.6) is 0 Å². The molecule has 0 aliphatic carbocycles. The minimum absolute atomic E-state index is 0.157. The zero-order valence-corrected chi connectivity index (χ0v) is 7.91. The maximum absolute atomic E-state index is 5.25. The van der Waals surface area contributed by atoms with Gasteiger partial charge in [0.2, 0.25) is 0 Å². The van der Waals surface area contributed by atoms with Crippen LogP contribution in [-0.4, -0.2) is 39.6 Å². The average Bonchev–Trinajstić information content (AvgIpc) is 2.10. The minimum atomic E-state index is 0.157. The summed E-state index contributed by atoms with van der Waals surface area (Å²) in [5, 5.41) is 0. The van der Waals surface area contributed by atoms with Gasteiger partial charge in [0.1, 0.15) is 0 Å². The predicted octanol–water partition coefficient (Wildman–Crippen LogP) is 1.24. The molecule has 1 atom stereocenters. The van der Waals surface area contributed by atoms with Crippen LogP contribution in [-0.2, 0) is 14.2 Å². The topological polar surface area (TPSA) is 27.7 Å². The van der Waals surface area contributed by atoms with E-state index in [1.165, 1.54) is 0 Å². The van der Waals surface area contributed by atoms with Gasteiger partial charge in [0.15, 0.2) is 0 Å². The van der Waals surface area contributed by atoms with Gasteiger partial charge in [-0.25, -0.2) is 0 Å². The number of rotatable bonds is 8. The van der Waals surface area contributed by atoms with Crippen molar-refractivity contribution < 1.29 is 14.2 Å². The monoisotopic (exact) mass is 174 g/mol. The largest absolute Gasteiger partial charge is 0.379 e. The molecule has 0 aliphatic heterocycles. The molecule has 0 fully saturated rings. The zero-order valence-electron chi connectivity index (χ0n) is 7.91. The summed E-state index contributed by atoms with van der Waals surface area (Å²) in [5.41, 5.74) is 0. The third kappa shape index (κ3) is 7.72. The van der Waals surface area contributed by atoms with E-state index in [4.69, 9.17) is 14.2 Å². The summed E-state index contributed by atoms with van der Waals surface area (Å²) in [7, 11) is 1.67. The summed E-state index contributed by atoms with van der Waals surface area (Å²) in [5.74, 6) is 0. The molecule has 0 saturated carbocycles. The molecule has 0 aliphatic rings. The highest BCUT2D eigenvalue weighted by molar-refractivity contribution is 4.63. The summed E-state index contributed by atoms with van der Waals surface area (Å²) < 4.78 is 15.4. The first-order valence-electron chi connectivity index (χ1n) is 4.10. The van der Waals surface area contributed by atoms with Crippen molar-refractivity contribution in [1.82, 2.24) is 0 Å². The van der Waals surface area contributed by atoms with Crippen molar-refractivity contribution >= 4 is 0 Å². The van der Waals surface area contributed by atoms with E-state index in [1.807, 2.05) is 6.92 Å². The van der Waals surface area contributed by atoms with Gasteiger partial charge in [0.05, 0.1) is 32.5 Å². The minimum Gasteiger partial charge on any atom is -0.379 e. The van der Waals surface area contributed by atoms with Crippen molar-refractivity contribution in [3.63, 3.8) is 0 Å². The van der Waals surface area contributed by atoms with E-state index in [0.29, 0.717) is 26.4 Å². The Morgan fingerprint density at radius 3 is 2.58 bits per heavy atom. The van der Waals surface area contributed by atoms with Gasteiger partial charge in [-0.2, -0.15) is 0 Å². The molecule has 0 N–H and O–H groups in total. The number of ether oxygens (including phenoxy) is 3. The Hall–Kier alpha value is -0.380. The number of methoxy groups -OCH3 is 1. The maximum Gasteiger partial charge on any atom is 0.0776 e. The lowest BCUT2D eigenvalue weighted by Gasteiger charge is -2.09. The molecule has 0 aromatic heterocycles. The van der Waals surface area contributed by atoms with Gasteiger partial charge in [-0.15, -0.1) is 6.58 Å². The van der Waals surface area contributed by atoms with Crippen molar-refractivity contribution in [2.24, 2.45) is 0 Å². The smallest absolute Gasteiger partial charge is 0.0776 e. The van der Waals surface area contributed by atoms with E-state index < -0.39 is 0 Å². The van der Waals surface area contributed by atoms with Gasteiger partial charge in [0, 0.05) is 7.11 Å². The van der Waals surface area contributed by atoms with Crippen LogP contribution in [0.4, 0.5) is 0 Å². The van der Waals surface area contributed by atoms with Crippen molar-refractivity contribution in [3.05, 3.63) is 12.7 Å². The Bertz CT molecular complexity index is 104. The molecule has 0 aromatic rings. The van der Waals surface area contributed by atoms with Crippen LogP contribution in [0.15, 0.2) is 12.7 Å². The molecule has 0 spiro atoms. The average molecular weight is 174 g/mol. The molecule has 72 valence electrons. The first-order chi connectivity index (χ1) is 5.81. The lowest BCUT2D eigenvalue weighted by Crippen LogP contribution is -2.16. The van der Waals surface area contributed by atoms with E-state index >= 15 is 0 Å². The second kappa shape index (κ2) is 8.71. The Kier molecular flexibility index (Phi) is 8.44. The molecule has 12 heavy (non-hydrogen) atoms. The Labute approximate surface area is 74.3 Å². The second-order valence-electron chi connectivity index (χ2n) is 2.48. The Morgan fingerprint density at radius 1 is 1.33 bits per heavy atom. The molecule has 1 unspecified atom stereocenters. The highest BCUT2D eigenvalue weighted by atomic mass is 16.5. The van der Waals surface area contributed by atoms with E-state index in [2.05, 4.69) is 6.58 Å². The van der Waals surface area contributed by atoms with Crippen LogP contribution < -0.4 is 0 Å². The third-order valence-corrected chi connectivity index (χ3v) is 1.36. The van der Waals surface area contributed by atoms with Crippen LogP contribution in [0.3, 0.4) is 0 Å². The molecule has 3 nitrogen and oxygen atoms in total. The molecule has 0 aromatic carbocycles. The van der Waals surface area contributed by atoms with Crippen molar-refractivity contribution in [2.45, 2.75) is 13.0 Å². The van der Waals surface area contributed by atoms with Gasteiger partial charge < -0.3 is 14.2 Å². The molecule has 0 radical (unpaired) electrons. The lowest BCUT2D eigenvalue weighted by atomic mass is 10.4. The van der Waals surface area contributed by atoms with Gasteiger partial charge in [0.25, 0.3) is 0 Å². The highest BCUT2D eigenvalue weighted by Crippen LogP contribution is 1.88. The van der Waals surface area contributed by atoms with Gasteiger partial charge in [-0.1, -0.05) is 6.08 Å². The standard InChI is InChI=1S/C9H18O3/c1-4-5-11-6-7-12-8-9(2)10-3/h4,9H,1,5-8H2,2-3H3. The van der Waals surface area contributed by atoms with Crippen LogP contribution in [0.2, 0.25) is 0 Å². The molecular weight excluding hydrogens is 156 g/mol. The highest BCUT2D eigenvalue weighted by Gasteiger charge is 1.97. The summed E-state index contributed by atoms with van der Waals surface area (Å²) in [6.45, 7) is 7.93. The summed E-state index contributed by atoms with van der Waals surface area (Å²) in [4.78, 5) is 0. The molecule has 0 saturated heterocycles. The SMILES string of the molecule is C=CCOCCOCC(C)OC. The lowest BCUT2D eigenvalue weighted by molar-refractivity contribution is -0.00280. The van der Waals surface area contributed by atoms with Crippen LogP contribution >= 0.6 is 0 Å². The fourth-order valence-electron chi connectivity index (χ4n) is 0.602. The normalized spacial score (nSPS) is 12.8. The maximum atomic E-state index is 5.25. The molecule has 0 rings (SSSR count). The quantitative estimate of drug-likeness (QED) is 0.409. The van der Waals surface area contributed by atoms with Crippen LogP contribution in [0.25, 0.3) is 0 Å².